The molecule has 0 unspecified atom stereocenters. The van der Waals surface area contributed by atoms with Crippen LogP contribution < -0.4 is 10.1 Å². The maximum absolute atomic E-state index is 12.4. The van der Waals surface area contributed by atoms with Gasteiger partial charge >= 0.3 is 18.0 Å². The van der Waals surface area contributed by atoms with Crippen molar-refractivity contribution in [2.45, 2.75) is 101 Å². The van der Waals surface area contributed by atoms with Crippen LogP contribution in [0.5, 0.6) is 5.75 Å². The third-order valence-corrected chi connectivity index (χ3v) is 8.38. The number of esters is 2. The minimum Gasteiger partial charge on any atom is -0.467 e. The van der Waals surface area contributed by atoms with E-state index in [1.807, 2.05) is 6.07 Å². The third-order valence-electron chi connectivity index (χ3n) is 8.38. The molecule has 17 heteroatoms. The molecular weight excluding hydrogens is 690 g/mol. The molecule has 0 saturated carbocycles. The molecule has 11 atom stereocenters. The lowest BCUT2D eigenvalue weighted by atomic mass is 9.96. The van der Waals surface area contributed by atoms with Crippen molar-refractivity contribution in [3.05, 3.63) is 65.7 Å². The van der Waals surface area contributed by atoms with Crippen LogP contribution in [0.25, 0.3) is 0 Å². The highest BCUT2D eigenvalue weighted by Crippen LogP contribution is 2.31. The zero-order valence-corrected chi connectivity index (χ0v) is 28.9. The van der Waals surface area contributed by atoms with E-state index in [0.717, 1.165) is 5.56 Å². The first-order chi connectivity index (χ1) is 24.8. The molecule has 2 aliphatic rings. The number of alkyl carbamates (subject to hydrolysis) is 1. The van der Waals surface area contributed by atoms with Crippen molar-refractivity contribution in [3.8, 4) is 5.75 Å². The fraction of sp³-hybridized carbons (Fsp3) is 0.571. The predicted molar refractivity (Wildman–Crippen MR) is 176 cm³/mol. The number of carbonyl (C=O) groups is 3. The molecule has 52 heavy (non-hydrogen) atoms. The number of aliphatic hydroxyl groups excluding tert-OH is 6. The summed E-state index contributed by atoms with van der Waals surface area (Å²) in [5, 5.41) is 65.8. The Balaban J connectivity index is 1.34. The van der Waals surface area contributed by atoms with E-state index in [1.165, 1.54) is 19.2 Å². The van der Waals surface area contributed by atoms with Crippen molar-refractivity contribution in [3.63, 3.8) is 0 Å². The Morgan fingerprint density at radius 1 is 0.788 bits per heavy atom. The molecule has 0 spiro atoms. The SMILES string of the molecule is COC(=O)[C@@H](Cc1ccc(O[C@@H]2O[C@@H](CO)[C@H](O[C@@H]3O[C@@H](CO)[C@H](OC(=O)CC(C)C)[C@@H](O)[C@H]3O)[C@@H](O)[C@H]2O)cc1)NC(=O)OCc1ccccc1. The van der Waals surface area contributed by atoms with Gasteiger partial charge in [0.2, 0.25) is 6.29 Å². The minimum absolute atomic E-state index is 0.00170. The molecule has 17 nitrogen and oxygen atoms in total. The first-order valence-corrected chi connectivity index (χ1v) is 16.8. The van der Waals surface area contributed by atoms with Crippen molar-refractivity contribution >= 4 is 18.0 Å². The molecule has 0 bridgehead atoms. The topological polar surface area (TPSA) is 249 Å². The Labute approximate surface area is 299 Å². The molecular formula is C35H47NO16. The number of nitrogens with one attached hydrogen (secondary N) is 1. The number of aliphatic hydroxyl groups is 6. The summed E-state index contributed by atoms with van der Waals surface area (Å²) in [6, 6.07) is 14.1. The van der Waals surface area contributed by atoms with Crippen LogP contribution >= 0.6 is 0 Å². The second-order valence-electron chi connectivity index (χ2n) is 12.8. The summed E-state index contributed by atoms with van der Waals surface area (Å²) >= 11 is 0. The molecule has 2 aliphatic heterocycles. The molecule has 4 rings (SSSR count). The molecule has 2 saturated heterocycles. The summed E-state index contributed by atoms with van der Waals surface area (Å²) in [6.45, 7) is 2.10. The molecule has 0 radical (unpaired) electrons. The molecule has 0 aromatic heterocycles. The second kappa shape index (κ2) is 19.2. The maximum Gasteiger partial charge on any atom is 0.408 e. The Kier molecular flexibility index (Phi) is 15.1. The summed E-state index contributed by atoms with van der Waals surface area (Å²) < 4.78 is 38.0. The summed E-state index contributed by atoms with van der Waals surface area (Å²) in [5.74, 6) is -1.26. The van der Waals surface area contributed by atoms with Gasteiger partial charge in [0.1, 0.15) is 61.1 Å². The average molecular weight is 738 g/mol. The molecule has 288 valence electrons. The lowest BCUT2D eigenvalue weighted by Crippen LogP contribution is -2.65. The Morgan fingerprint density at radius 2 is 1.38 bits per heavy atom. The summed E-state index contributed by atoms with van der Waals surface area (Å²) in [5.41, 5.74) is 1.35. The van der Waals surface area contributed by atoms with Gasteiger partial charge in [-0.15, -0.1) is 0 Å². The molecule has 7 N–H and O–H groups in total. The molecule has 2 heterocycles. The van der Waals surface area contributed by atoms with Crippen molar-refractivity contribution in [1.29, 1.82) is 0 Å². The van der Waals surface area contributed by atoms with Gasteiger partial charge in [0, 0.05) is 12.8 Å². The summed E-state index contributed by atoms with van der Waals surface area (Å²) in [4.78, 5) is 37.0. The van der Waals surface area contributed by atoms with E-state index in [9.17, 15) is 45.0 Å². The normalized spacial score (nSPS) is 29.5. The number of methoxy groups -OCH3 is 1. The highest BCUT2D eigenvalue weighted by molar-refractivity contribution is 5.81. The molecule has 1 amide bonds. The molecule has 2 aromatic carbocycles. The Bertz CT molecular complexity index is 1420. The number of hydrogen-bond acceptors (Lipinski definition) is 16. The van der Waals surface area contributed by atoms with Gasteiger partial charge in [0.15, 0.2) is 12.4 Å². The smallest absolute Gasteiger partial charge is 0.408 e. The minimum atomic E-state index is -1.83. The average Bonchev–Trinajstić information content (AvgIpc) is 3.13. The van der Waals surface area contributed by atoms with Crippen molar-refractivity contribution < 1.29 is 78.2 Å². The van der Waals surface area contributed by atoms with Gasteiger partial charge in [-0.25, -0.2) is 9.59 Å². The van der Waals surface area contributed by atoms with Crippen LogP contribution in [0.15, 0.2) is 54.6 Å². The fourth-order valence-corrected chi connectivity index (χ4v) is 5.63. The van der Waals surface area contributed by atoms with Crippen LogP contribution in [-0.2, 0) is 51.0 Å². The lowest BCUT2D eigenvalue weighted by Gasteiger charge is -2.46. The van der Waals surface area contributed by atoms with Gasteiger partial charge in [0.25, 0.3) is 0 Å². The molecule has 2 aromatic rings. The number of hydrogen-bond donors (Lipinski definition) is 7. The van der Waals surface area contributed by atoms with Crippen LogP contribution in [0.3, 0.4) is 0 Å². The van der Waals surface area contributed by atoms with Crippen molar-refractivity contribution in [1.82, 2.24) is 5.32 Å². The zero-order valence-electron chi connectivity index (χ0n) is 28.9. The largest absolute Gasteiger partial charge is 0.467 e. The summed E-state index contributed by atoms with van der Waals surface area (Å²) in [6.07, 6.45) is -16.7. The molecule has 2 fully saturated rings. The van der Waals surface area contributed by atoms with E-state index >= 15 is 0 Å². The number of ether oxygens (including phenoxy) is 7. The van der Waals surface area contributed by atoms with Crippen molar-refractivity contribution in [2.75, 3.05) is 20.3 Å². The van der Waals surface area contributed by atoms with E-state index in [2.05, 4.69) is 5.32 Å². The first-order valence-electron chi connectivity index (χ1n) is 16.8. The van der Waals surface area contributed by atoms with Crippen LogP contribution in [-0.4, -0.2) is 136 Å². The standard InChI is InChI=1S/C35H47NO16/c1-18(2)13-25(39)51-30-23(15-37)50-34(29(43)26(30)40)52-31-24(16-38)49-33(28(42)27(31)41)48-21-11-9-19(10-12-21)14-22(32(44)46-3)36-35(45)47-17-20-7-5-4-6-8-20/h4-12,18,22-24,26-31,33-34,37-38,40-43H,13-17H2,1-3H3,(H,36,45)/t22-,23+,24+,26+,27+,28-,29-,30+,31+,33-,34+/m1/s1. The highest BCUT2D eigenvalue weighted by Gasteiger charge is 2.52. The van der Waals surface area contributed by atoms with Gasteiger partial charge in [-0.2, -0.15) is 0 Å². The number of benzene rings is 2. The highest BCUT2D eigenvalue weighted by atomic mass is 16.7. The van der Waals surface area contributed by atoms with Crippen LogP contribution in [0.1, 0.15) is 31.4 Å². The van der Waals surface area contributed by atoms with Gasteiger partial charge in [-0.1, -0.05) is 56.3 Å². The van der Waals surface area contributed by atoms with Gasteiger partial charge in [-0.05, 0) is 29.2 Å². The van der Waals surface area contributed by atoms with E-state index < -0.39 is 98.7 Å². The fourth-order valence-electron chi connectivity index (χ4n) is 5.63. The lowest BCUT2D eigenvalue weighted by molar-refractivity contribution is -0.353. The Hall–Kier alpha value is -3.91. The second-order valence-corrected chi connectivity index (χ2v) is 12.8. The quantitative estimate of drug-likeness (QED) is 0.0882. The Morgan fingerprint density at radius 3 is 2.00 bits per heavy atom. The maximum atomic E-state index is 12.4. The summed E-state index contributed by atoms with van der Waals surface area (Å²) in [7, 11) is 1.19. The third kappa shape index (κ3) is 10.8. The zero-order chi connectivity index (χ0) is 37.9. The van der Waals surface area contributed by atoms with Crippen LogP contribution in [0, 0.1) is 5.92 Å². The molecule has 0 aliphatic carbocycles. The van der Waals surface area contributed by atoms with Crippen LogP contribution in [0.2, 0.25) is 0 Å². The van der Waals surface area contributed by atoms with Crippen molar-refractivity contribution in [2.24, 2.45) is 5.92 Å². The van der Waals surface area contributed by atoms with Crippen LogP contribution in [0.4, 0.5) is 4.79 Å². The van der Waals surface area contributed by atoms with E-state index in [-0.39, 0.29) is 31.1 Å². The monoisotopic (exact) mass is 737 g/mol. The van der Waals surface area contributed by atoms with E-state index in [0.29, 0.717) is 5.56 Å². The number of carbonyl (C=O) groups excluding carboxylic acids is 3. The number of amides is 1. The van der Waals surface area contributed by atoms with E-state index in [1.54, 1.807) is 50.2 Å². The van der Waals surface area contributed by atoms with E-state index in [4.69, 9.17) is 33.2 Å². The van der Waals surface area contributed by atoms with Gasteiger partial charge in [0.05, 0.1) is 20.3 Å². The first kappa shape index (κ1) is 40.9. The predicted octanol–water partition coefficient (Wildman–Crippen LogP) is -0.703. The number of rotatable bonds is 15. The van der Waals surface area contributed by atoms with Gasteiger partial charge in [-0.3, -0.25) is 4.79 Å². The van der Waals surface area contributed by atoms with Gasteiger partial charge < -0.3 is 69.1 Å².